The predicted molar refractivity (Wildman–Crippen MR) is 73.7 cm³/mol. The Morgan fingerprint density at radius 2 is 2.47 bits per heavy atom. The van der Waals surface area contributed by atoms with Crippen LogP contribution in [0.1, 0.15) is 12.5 Å². The highest BCUT2D eigenvalue weighted by Crippen LogP contribution is 2.18. The fourth-order valence-electron chi connectivity index (χ4n) is 1.80. The van der Waals surface area contributed by atoms with E-state index in [9.17, 15) is 9.18 Å². The van der Waals surface area contributed by atoms with Crippen molar-refractivity contribution < 1.29 is 13.9 Å². The first kappa shape index (κ1) is 14.1. The minimum absolute atomic E-state index is 0.0423. The van der Waals surface area contributed by atoms with Gasteiger partial charge in [0.1, 0.15) is 0 Å². The Morgan fingerprint density at radius 3 is 3.11 bits per heavy atom. The molecular formula is C13H17FN2O2S. The quantitative estimate of drug-likeness (QED) is 0.860. The molecule has 19 heavy (non-hydrogen) atoms. The monoisotopic (exact) mass is 284 g/mol. The first-order chi connectivity index (χ1) is 9.20. The maximum atomic E-state index is 13.6. The molecule has 1 amide bonds. The fraction of sp³-hybridized carbons (Fsp3) is 0.462. The van der Waals surface area contributed by atoms with Gasteiger partial charge >= 0.3 is 0 Å². The van der Waals surface area contributed by atoms with Crippen LogP contribution in [-0.2, 0) is 11.3 Å². The number of carbonyl (C=O) groups is 1. The molecule has 1 fully saturated rings. The molecule has 0 aromatic heterocycles. The number of ether oxygens (including phenoxy) is 1. The Labute approximate surface area is 116 Å². The molecule has 2 N–H and O–H groups in total. The number of nitrogens with one attached hydrogen (secondary N) is 2. The molecule has 4 nitrogen and oxygen atoms in total. The maximum absolute atomic E-state index is 13.6. The Morgan fingerprint density at radius 1 is 1.63 bits per heavy atom. The van der Waals surface area contributed by atoms with Crippen LogP contribution in [0.4, 0.5) is 4.39 Å². The summed E-state index contributed by atoms with van der Waals surface area (Å²) < 4.78 is 18.7. The molecule has 2 rings (SSSR count). The van der Waals surface area contributed by atoms with Crippen LogP contribution in [0.2, 0.25) is 0 Å². The molecule has 1 aromatic carbocycles. The molecule has 1 aromatic rings. The zero-order valence-electron chi connectivity index (χ0n) is 10.7. The van der Waals surface area contributed by atoms with E-state index in [2.05, 4.69) is 10.6 Å². The molecule has 104 valence electrons. The van der Waals surface area contributed by atoms with Gasteiger partial charge in [0.25, 0.3) is 0 Å². The lowest BCUT2D eigenvalue weighted by atomic mass is 10.2. The standard InChI is InChI=1S/C13H17FN2O2S/c1-2-18-12-4-3-9(5-10(12)14)6-15-13(17)11-7-19-8-16-11/h3-5,11,16H,2,6-8H2,1H3,(H,15,17). The van der Waals surface area contributed by atoms with Crippen molar-refractivity contribution >= 4 is 17.7 Å². The smallest absolute Gasteiger partial charge is 0.238 e. The lowest BCUT2D eigenvalue weighted by Gasteiger charge is -2.11. The molecule has 1 atom stereocenters. The molecular weight excluding hydrogens is 267 g/mol. The van der Waals surface area contributed by atoms with Crippen molar-refractivity contribution in [3.63, 3.8) is 0 Å². The number of thioether (sulfide) groups is 1. The van der Waals surface area contributed by atoms with Gasteiger partial charge in [0.15, 0.2) is 11.6 Å². The topological polar surface area (TPSA) is 50.4 Å². The van der Waals surface area contributed by atoms with Crippen LogP contribution >= 0.6 is 11.8 Å². The summed E-state index contributed by atoms with van der Waals surface area (Å²) in [5.41, 5.74) is 0.722. The van der Waals surface area contributed by atoms with Crippen molar-refractivity contribution in [2.24, 2.45) is 0 Å². The Kier molecular flexibility index (Phi) is 5.04. The minimum atomic E-state index is -0.400. The molecule has 0 aliphatic carbocycles. The lowest BCUT2D eigenvalue weighted by molar-refractivity contribution is -0.122. The third-order valence-electron chi connectivity index (χ3n) is 2.80. The molecule has 1 aliphatic rings. The van der Waals surface area contributed by atoms with E-state index in [0.717, 1.165) is 17.2 Å². The molecule has 0 saturated carbocycles. The largest absolute Gasteiger partial charge is 0.491 e. The maximum Gasteiger partial charge on any atom is 0.238 e. The van der Waals surface area contributed by atoms with Crippen LogP contribution in [0.25, 0.3) is 0 Å². The molecule has 6 heteroatoms. The van der Waals surface area contributed by atoms with Crippen LogP contribution < -0.4 is 15.4 Å². The summed E-state index contributed by atoms with van der Waals surface area (Å²) in [5, 5.41) is 5.88. The number of halogens is 1. The van der Waals surface area contributed by atoms with E-state index >= 15 is 0 Å². The van der Waals surface area contributed by atoms with Gasteiger partial charge < -0.3 is 10.1 Å². The third kappa shape index (κ3) is 3.84. The van der Waals surface area contributed by atoms with E-state index in [0.29, 0.717) is 13.2 Å². The number of benzene rings is 1. The number of rotatable bonds is 5. The van der Waals surface area contributed by atoms with E-state index in [1.165, 1.54) is 6.07 Å². The van der Waals surface area contributed by atoms with Crippen LogP contribution in [0.5, 0.6) is 5.75 Å². The van der Waals surface area contributed by atoms with E-state index in [-0.39, 0.29) is 17.7 Å². The van der Waals surface area contributed by atoms with Gasteiger partial charge in [-0.1, -0.05) is 6.07 Å². The number of hydrogen-bond acceptors (Lipinski definition) is 4. The van der Waals surface area contributed by atoms with Gasteiger partial charge in [-0.25, -0.2) is 4.39 Å². The van der Waals surface area contributed by atoms with E-state index in [1.807, 2.05) is 0 Å². The lowest BCUT2D eigenvalue weighted by Crippen LogP contribution is -2.41. The van der Waals surface area contributed by atoms with Crippen molar-refractivity contribution in [2.45, 2.75) is 19.5 Å². The van der Waals surface area contributed by atoms with Crippen molar-refractivity contribution in [3.8, 4) is 5.75 Å². The highest BCUT2D eigenvalue weighted by Gasteiger charge is 2.21. The first-order valence-corrected chi connectivity index (χ1v) is 7.36. The van der Waals surface area contributed by atoms with Crippen molar-refractivity contribution in [1.29, 1.82) is 0 Å². The van der Waals surface area contributed by atoms with Crippen molar-refractivity contribution in [1.82, 2.24) is 10.6 Å². The van der Waals surface area contributed by atoms with E-state index in [4.69, 9.17) is 4.74 Å². The first-order valence-electron chi connectivity index (χ1n) is 6.20. The number of hydrogen-bond donors (Lipinski definition) is 2. The number of amides is 1. The van der Waals surface area contributed by atoms with Crippen LogP contribution in [-0.4, -0.2) is 30.2 Å². The van der Waals surface area contributed by atoms with E-state index < -0.39 is 5.82 Å². The molecule has 0 radical (unpaired) electrons. The highest BCUT2D eigenvalue weighted by molar-refractivity contribution is 7.99. The predicted octanol–water partition coefficient (Wildman–Crippen LogP) is 1.50. The third-order valence-corrected chi connectivity index (χ3v) is 3.74. The summed E-state index contributed by atoms with van der Waals surface area (Å²) in [7, 11) is 0. The summed E-state index contributed by atoms with van der Waals surface area (Å²) in [5.74, 6) is 1.38. The summed E-state index contributed by atoms with van der Waals surface area (Å²) in [6.45, 7) is 2.56. The normalized spacial score (nSPS) is 18.3. The Hall–Kier alpha value is -1.27. The number of carbonyl (C=O) groups excluding carboxylic acids is 1. The second kappa shape index (κ2) is 6.77. The summed E-state index contributed by atoms with van der Waals surface area (Å²) in [6.07, 6.45) is 0. The zero-order chi connectivity index (χ0) is 13.7. The van der Waals surface area contributed by atoms with Crippen LogP contribution in [0.3, 0.4) is 0 Å². The van der Waals surface area contributed by atoms with Gasteiger partial charge in [0.05, 0.1) is 12.6 Å². The summed E-state index contributed by atoms with van der Waals surface area (Å²) >= 11 is 1.69. The van der Waals surface area contributed by atoms with Gasteiger partial charge in [-0.05, 0) is 24.6 Å². The van der Waals surface area contributed by atoms with Gasteiger partial charge in [0.2, 0.25) is 5.91 Å². The van der Waals surface area contributed by atoms with E-state index in [1.54, 1.807) is 30.8 Å². The Balaban J connectivity index is 1.88. The summed E-state index contributed by atoms with van der Waals surface area (Å²) in [4.78, 5) is 11.8. The summed E-state index contributed by atoms with van der Waals surface area (Å²) in [6, 6.07) is 4.59. The van der Waals surface area contributed by atoms with Crippen molar-refractivity contribution in [2.75, 3.05) is 18.2 Å². The molecule has 1 aliphatic heterocycles. The second-order valence-electron chi connectivity index (χ2n) is 4.19. The molecule has 0 bridgehead atoms. The van der Waals surface area contributed by atoms with Crippen molar-refractivity contribution in [3.05, 3.63) is 29.6 Å². The van der Waals surface area contributed by atoms with Gasteiger partial charge in [-0.2, -0.15) is 0 Å². The fourth-order valence-corrected chi connectivity index (χ4v) is 2.74. The van der Waals surface area contributed by atoms with Gasteiger partial charge in [0, 0.05) is 18.2 Å². The molecule has 1 saturated heterocycles. The Bertz CT molecular complexity index is 450. The van der Waals surface area contributed by atoms with Crippen LogP contribution in [0.15, 0.2) is 18.2 Å². The minimum Gasteiger partial charge on any atom is -0.491 e. The average molecular weight is 284 g/mol. The average Bonchev–Trinajstić information content (AvgIpc) is 2.93. The molecule has 1 unspecified atom stereocenters. The zero-order valence-corrected chi connectivity index (χ0v) is 11.6. The SMILES string of the molecule is CCOc1ccc(CNC(=O)C2CSCN2)cc1F. The molecule has 0 spiro atoms. The second-order valence-corrected chi connectivity index (χ2v) is 5.22. The van der Waals surface area contributed by atoms with Gasteiger partial charge in [-0.3, -0.25) is 10.1 Å². The van der Waals surface area contributed by atoms with Gasteiger partial charge in [-0.15, -0.1) is 11.8 Å². The van der Waals surface area contributed by atoms with Crippen LogP contribution in [0, 0.1) is 5.82 Å². The molecule has 1 heterocycles. The highest BCUT2D eigenvalue weighted by atomic mass is 32.2.